The Labute approximate surface area is 168 Å². The summed E-state index contributed by atoms with van der Waals surface area (Å²) in [6.07, 6.45) is 0.691. The average Bonchev–Trinajstić information content (AvgIpc) is 3.46. The normalized spacial score (nSPS) is 31.3. The van der Waals surface area contributed by atoms with Gasteiger partial charge >= 0.3 is 0 Å². The van der Waals surface area contributed by atoms with Gasteiger partial charge in [0.05, 0.1) is 32.0 Å². The molecule has 0 aromatic carbocycles. The summed E-state index contributed by atoms with van der Waals surface area (Å²) >= 11 is 0. The van der Waals surface area contributed by atoms with Crippen molar-refractivity contribution in [3.05, 3.63) is 0 Å². The summed E-state index contributed by atoms with van der Waals surface area (Å²) < 4.78 is 17.0. The highest BCUT2D eigenvalue weighted by molar-refractivity contribution is 4.80. The van der Waals surface area contributed by atoms with Gasteiger partial charge in [0, 0.05) is 19.6 Å². The van der Waals surface area contributed by atoms with Crippen molar-refractivity contribution in [1.82, 2.24) is 4.90 Å². The van der Waals surface area contributed by atoms with E-state index in [4.69, 9.17) is 14.2 Å². The van der Waals surface area contributed by atoms with E-state index in [0.717, 1.165) is 39.5 Å². The number of epoxide rings is 3. The van der Waals surface area contributed by atoms with Crippen molar-refractivity contribution in [3.8, 4) is 0 Å². The highest BCUT2D eigenvalue weighted by atomic mass is 16.6. The van der Waals surface area contributed by atoms with E-state index in [1.807, 2.05) is 13.8 Å². The van der Waals surface area contributed by atoms with Gasteiger partial charge in [-0.3, -0.25) is 4.90 Å². The quantitative estimate of drug-likeness (QED) is 0.229. The monoisotopic (exact) mass is 403 g/mol. The standard InChI is InChI=1S/C20H39N2O6/c1-3-15(23)5-21(7-18-12-26-18)6-17(25)9-22(8-16(24)4-2,10-19-13-27-19)11-20-14-28-20/h15-20,23-25H,3-14H2,1-2H3/q+1. The SMILES string of the molecule is CCC(O)CN(CC(O)C[N+](CC(O)CC)(CC1CO1)CC1CO1)CC1CO1. The molecule has 8 heteroatoms. The van der Waals surface area contributed by atoms with Crippen LogP contribution < -0.4 is 0 Å². The molecule has 3 fully saturated rings. The van der Waals surface area contributed by atoms with Crippen LogP contribution in [-0.2, 0) is 14.2 Å². The van der Waals surface area contributed by atoms with Crippen LogP contribution in [0.2, 0.25) is 0 Å². The molecule has 0 bridgehead atoms. The molecule has 3 N–H and O–H groups in total. The minimum absolute atomic E-state index is 0.216. The maximum atomic E-state index is 11.0. The van der Waals surface area contributed by atoms with Crippen molar-refractivity contribution in [1.29, 1.82) is 0 Å². The third-order valence-electron chi connectivity index (χ3n) is 5.93. The first-order valence-corrected chi connectivity index (χ1v) is 10.9. The smallest absolute Gasteiger partial charge is 0.130 e. The van der Waals surface area contributed by atoms with Crippen LogP contribution in [0.4, 0.5) is 0 Å². The molecule has 0 amide bonds. The largest absolute Gasteiger partial charge is 0.392 e. The van der Waals surface area contributed by atoms with Gasteiger partial charge in [-0.1, -0.05) is 13.8 Å². The van der Waals surface area contributed by atoms with E-state index in [1.54, 1.807) is 0 Å². The lowest BCUT2D eigenvalue weighted by molar-refractivity contribution is -0.934. The summed E-state index contributed by atoms with van der Waals surface area (Å²) in [4.78, 5) is 2.11. The number of ether oxygens (including phenoxy) is 3. The third-order valence-corrected chi connectivity index (χ3v) is 5.93. The fraction of sp³-hybridized carbons (Fsp3) is 1.00. The molecule has 28 heavy (non-hydrogen) atoms. The summed E-state index contributed by atoms with van der Waals surface area (Å²) in [7, 11) is 0. The molecule has 0 aromatic heterocycles. The zero-order valence-corrected chi connectivity index (χ0v) is 17.4. The van der Waals surface area contributed by atoms with E-state index in [1.165, 1.54) is 0 Å². The molecule has 0 radical (unpaired) electrons. The summed E-state index contributed by atoms with van der Waals surface area (Å²) in [5.74, 6) is 0. The van der Waals surface area contributed by atoms with E-state index in [0.29, 0.717) is 43.5 Å². The van der Waals surface area contributed by atoms with Crippen LogP contribution in [0.15, 0.2) is 0 Å². The lowest BCUT2D eigenvalue weighted by Gasteiger charge is -2.41. The van der Waals surface area contributed by atoms with Gasteiger partial charge in [-0.2, -0.15) is 0 Å². The molecular weight excluding hydrogens is 364 g/mol. The van der Waals surface area contributed by atoms with Gasteiger partial charge in [0.1, 0.15) is 50.6 Å². The second-order valence-corrected chi connectivity index (χ2v) is 8.93. The number of hydrogen-bond acceptors (Lipinski definition) is 7. The number of aliphatic hydroxyl groups is 3. The zero-order valence-electron chi connectivity index (χ0n) is 17.4. The molecule has 3 saturated heterocycles. The highest BCUT2D eigenvalue weighted by Crippen LogP contribution is 2.25. The molecule has 0 spiro atoms. The van der Waals surface area contributed by atoms with Crippen LogP contribution in [-0.4, -0.2) is 127 Å². The minimum atomic E-state index is -0.552. The lowest BCUT2D eigenvalue weighted by atomic mass is 10.1. The molecule has 0 aliphatic carbocycles. The van der Waals surface area contributed by atoms with Gasteiger partial charge in [-0.15, -0.1) is 0 Å². The Kier molecular flexibility index (Phi) is 8.09. The Hall–Kier alpha value is -0.320. The average molecular weight is 404 g/mol. The molecule has 3 aliphatic rings. The fourth-order valence-corrected chi connectivity index (χ4v) is 4.15. The molecule has 0 aromatic rings. The van der Waals surface area contributed by atoms with Gasteiger partial charge < -0.3 is 34.0 Å². The van der Waals surface area contributed by atoms with Gasteiger partial charge in [-0.05, 0) is 12.8 Å². The fourth-order valence-electron chi connectivity index (χ4n) is 4.15. The maximum absolute atomic E-state index is 11.0. The molecular formula is C20H39N2O6+. The molecule has 6 atom stereocenters. The first kappa shape index (κ1) is 22.4. The highest BCUT2D eigenvalue weighted by Gasteiger charge is 2.44. The van der Waals surface area contributed by atoms with Crippen LogP contribution in [0.5, 0.6) is 0 Å². The summed E-state index contributed by atoms with van der Waals surface area (Å²) in [5.41, 5.74) is 0. The van der Waals surface area contributed by atoms with Crippen LogP contribution >= 0.6 is 0 Å². The van der Waals surface area contributed by atoms with Crippen LogP contribution in [0.1, 0.15) is 26.7 Å². The van der Waals surface area contributed by atoms with E-state index >= 15 is 0 Å². The van der Waals surface area contributed by atoms with Gasteiger partial charge in [-0.25, -0.2) is 0 Å². The lowest BCUT2D eigenvalue weighted by Crippen LogP contribution is -2.60. The van der Waals surface area contributed by atoms with E-state index in [-0.39, 0.29) is 18.3 Å². The number of quaternary nitrogens is 1. The van der Waals surface area contributed by atoms with Crippen molar-refractivity contribution in [2.45, 2.75) is 63.3 Å². The molecule has 164 valence electrons. The maximum Gasteiger partial charge on any atom is 0.130 e. The van der Waals surface area contributed by atoms with Gasteiger partial charge in [0.2, 0.25) is 0 Å². The van der Waals surface area contributed by atoms with Crippen molar-refractivity contribution in [3.63, 3.8) is 0 Å². The molecule has 3 aliphatic heterocycles. The van der Waals surface area contributed by atoms with Crippen molar-refractivity contribution < 1.29 is 34.0 Å². The predicted molar refractivity (Wildman–Crippen MR) is 104 cm³/mol. The summed E-state index contributed by atoms with van der Waals surface area (Å²) in [5, 5.41) is 31.5. The molecule has 8 nitrogen and oxygen atoms in total. The van der Waals surface area contributed by atoms with E-state index < -0.39 is 18.3 Å². The van der Waals surface area contributed by atoms with Gasteiger partial charge in [0.25, 0.3) is 0 Å². The first-order chi connectivity index (χ1) is 13.4. The summed E-state index contributed by atoms with van der Waals surface area (Å²) in [6, 6.07) is 0. The second-order valence-electron chi connectivity index (χ2n) is 8.93. The van der Waals surface area contributed by atoms with E-state index in [9.17, 15) is 15.3 Å². The third kappa shape index (κ3) is 7.84. The topological polar surface area (TPSA) is 102 Å². The van der Waals surface area contributed by atoms with Crippen molar-refractivity contribution in [2.75, 3.05) is 65.6 Å². The van der Waals surface area contributed by atoms with Crippen LogP contribution in [0.25, 0.3) is 0 Å². The Bertz CT molecular complexity index is 456. The Balaban J connectivity index is 1.62. The van der Waals surface area contributed by atoms with Gasteiger partial charge in [0.15, 0.2) is 0 Å². The summed E-state index contributed by atoms with van der Waals surface area (Å²) in [6.45, 7) is 10.8. The Morgan fingerprint density at radius 2 is 1.25 bits per heavy atom. The predicted octanol–water partition coefficient (Wildman–Crippen LogP) is -0.796. The molecule has 0 saturated carbocycles. The Morgan fingerprint density at radius 1 is 0.786 bits per heavy atom. The number of nitrogens with zero attached hydrogens (tertiary/aromatic N) is 2. The van der Waals surface area contributed by atoms with Crippen LogP contribution in [0.3, 0.4) is 0 Å². The molecule has 3 heterocycles. The number of hydrogen-bond donors (Lipinski definition) is 3. The molecule has 3 rings (SSSR count). The minimum Gasteiger partial charge on any atom is -0.392 e. The number of rotatable bonds is 16. The van der Waals surface area contributed by atoms with Crippen molar-refractivity contribution >= 4 is 0 Å². The Morgan fingerprint density at radius 3 is 1.71 bits per heavy atom. The second kappa shape index (κ2) is 10.1. The zero-order chi connectivity index (χ0) is 20.1. The van der Waals surface area contributed by atoms with E-state index in [2.05, 4.69) is 4.90 Å². The molecule has 6 unspecified atom stereocenters. The number of aliphatic hydroxyl groups excluding tert-OH is 3. The van der Waals surface area contributed by atoms with Crippen LogP contribution in [0, 0.1) is 0 Å². The first-order valence-electron chi connectivity index (χ1n) is 10.9. The van der Waals surface area contributed by atoms with Crippen molar-refractivity contribution in [2.24, 2.45) is 0 Å².